The number of hydrogen-bond acceptors (Lipinski definition) is 6. The molecule has 1 fully saturated rings. The number of aromatic nitrogens is 4. The third-order valence-electron chi connectivity index (χ3n) is 5.14. The quantitative estimate of drug-likeness (QED) is 0.691. The van der Waals surface area contributed by atoms with Crippen molar-refractivity contribution in [3.05, 3.63) is 54.2 Å². The Kier molecular flexibility index (Phi) is 5.42. The molecule has 4 rings (SSSR count). The van der Waals surface area contributed by atoms with Crippen LogP contribution in [-0.4, -0.2) is 56.4 Å². The zero-order valence-corrected chi connectivity index (χ0v) is 16.6. The van der Waals surface area contributed by atoms with Gasteiger partial charge in [-0.15, -0.1) is 10.2 Å². The molecule has 2 amide bonds. The number of nitrogens with two attached hydrogens (primary N) is 1. The molecule has 3 aromatic rings. The lowest BCUT2D eigenvalue weighted by Crippen LogP contribution is -2.50. The van der Waals surface area contributed by atoms with Gasteiger partial charge in [0.15, 0.2) is 11.5 Å². The Bertz CT molecular complexity index is 1050. The van der Waals surface area contributed by atoms with E-state index >= 15 is 0 Å². The fourth-order valence-electron chi connectivity index (χ4n) is 3.63. The molecule has 154 valence electrons. The summed E-state index contributed by atoms with van der Waals surface area (Å²) in [6.45, 7) is 0.475. The van der Waals surface area contributed by atoms with E-state index in [1.165, 1.54) is 12.0 Å². The maximum atomic E-state index is 13.2. The average Bonchev–Trinajstić information content (AvgIpc) is 3.24. The molecule has 9 heteroatoms. The first-order valence-electron chi connectivity index (χ1n) is 9.72. The van der Waals surface area contributed by atoms with Gasteiger partial charge in [-0.3, -0.25) is 9.59 Å². The van der Waals surface area contributed by atoms with E-state index in [1.54, 1.807) is 22.9 Å². The number of likely N-dealkylation sites (tertiary alicyclic amines) is 1. The minimum absolute atomic E-state index is 0.222. The Morgan fingerprint density at radius 2 is 1.90 bits per heavy atom. The van der Waals surface area contributed by atoms with Gasteiger partial charge in [-0.05, 0) is 31.4 Å². The molecule has 0 saturated carbocycles. The molecule has 1 unspecified atom stereocenters. The van der Waals surface area contributed by atoms with Crippen LogP contribution in [0, 0.1) is 0 Å². The van der Waals surface area contributed by atoms with Gasteiger partial charge < -0.3 is 15.4 Å². The molecule has 0 bridgehead atoms. The lowest BCUT2D eigenvalue weighted by atomic mass is 10.0. The van der Waals surface area contributed by atoms with Crippen LogP contribution in [0.4, 0.5) is 0 Å². The summed E-state index contributed by atoms with van der Waals surface area (Å²) in [5.41, 5.74) is 7.30. The van der Waals surface area contributed by atoms with E-state index in [0.29, 0.717) is 30.4 Å². The van der Waals surface area contributed by atoms with Gasteiger partial charge in [0.2, 0.25) is 11.8 Å². The second-order valence-corrected chi connectivity index (χ2v) is 7.04. The summed E-state index contributed by atoms with van der Waals surface area (Å²) >= 11 is 0. The predicted molar refractivity (Wildman–Crippen MR) is 109 cm³/mol. The lowest BCUT2D eigenvalue weighted by Gasteiger charge is -2.33. The van der Waals surface area contributed by atoms with Crippen LogP contribution in [0.5, 0.6) is 5.88 Å². The molecule has 1 atom stereocenters. The number of primary amides is 1. The van der Waals surface area contributed by atoms with Crippen molar-refractivity contribution in [1.82, 2.24) is 24.9 Å². The highest BCUT2D eigenvalue weighted by molar-refractivity contribution is 5.97. The molecule has 9 nitrogen and oxygen atoms in total. The number of benzene rings is 1. The second-order valence-electron chi connectivity index (χ2n) is 7.04. The second kappa shape index (κ2) is 8.32. The van der Waals surface area contributed by atoms with E-state index in [-0.39, 0.29) is 11.6 Å². The van der Waals surface area contributed by atoms with E-state index in [1.807, 2.05) is 30.3 Å². The third-order valence-corrected chi connectivity index (χ3v) is 5.14. The van der Waals surface area contributed by atoms with Crippen molar-refractivity contribution in [2.24, 2.45) is 5.73 Å². The van der Waals surface area contributed by atoms with Crippen molar-refractivity contribution < 1.29 is 14.3 Å². The molecule has 2 N–H and O–H groups in total. The zero-order chi connectivity index (χ0) is 21.1. The zero-order valence-electron chi connectivity index (χ0n) is 16.6. The summed E-state index contributed by atoms with van der Waals surface area (Å²) in [5, 5.41) is 12.7. The number of methoxy groups -OCH3 is 1. The molecular formula is C21H22N6O3. The minimum Gasteiger partial charge on any atom is -0.480 e. The standard InChI is InChI=1S/C21H22N6O3/c1-30-19-11-10-18(23-24-19)27-17(14-7-3-2-4-8-14)13-15(25-27)21(29)26-12-6-5-9-16(26)20(22)28/h2-4,7-8,10-11,13,16H,5-6,9,12H2,1H3,(H2,22,28). The van der Waals surface area contributed by atoms with Gasteiger partial charge in [0, 0.05) is 18.2 Å². The van der Waals surface area contributed by atoms with Crippen LogP contribution in [0.25, 0.3) is 17.1 Å². The molecule has 0 radical (unpaired) electrons. The largest absolute Gasteiger partial charge is 0.480 e. The smallest absolute Gasteiger partial charge is 0.275 e. The van der Waals surface area contributed by atoms with Crippen LogP contribution in [-0.2, 0) is 4.79 Å². The molecule has 1 aliphatic heterocycles. The minimum atomic E-state index is -0.614. The van der Waals surface area contributed by atoms with Crippen LogP contribution >= 0.6 is 0 Å². The summed E-state index contributed by atoms with van der Waals surface area (Å²) in [6.07, 6.45) is 2.26. The fourth-order valence-corrected chi connectivity index (χ4v) is 3.63. The number of ether oxygens (including phenoxy) is 1. The van der Waals surface area contributed by atoms with E-state index in [9.17, 15) is 9.59 Å². The van der Waals surface area contributed by atoms with E-state index in [2.05, 4.69) is 15.3 Å². The molecule has 1 saturated heterocycles. The number of nitrogens with zero attached hydrogens (tertiary/aromatic N) is 5. The van der Waals surface area contributed by atoms with Crippen molar-refractivity contribution in [3.8, 4) is 23.0 Å². The molecule has 2 aromatic heterocycles. The normalized spacial score (nSPS) is 16.3. The van der Waals surface area contributed by atoms with Crippen LogP contribution < -0.4 is 10.5 Å². The summed E-state index contributed by atoms with van der Waals surface area (Å²) in [6, 6.07) is 14.0. The van der Waals surface area contributed by atoms with Gasteiger partial charge in [-0.25, -0.2) is 4.68 Å². The molecule has 3 heterocycles. The van der Waals surface area contributed by atoms with E-state index < -0.39 is 11.9 Å². The summed E-state index contributed by atoms with van der Waals surface area (Å²) in [7, 11) is 1.51. The molecule has 1 aliphatic rings. The number of piperidine rings is 1. The van der Waals surface area contributed by atoms with Crippen molar-refractivity contribution in [2.75, 3.05) is 13.7 Å². The monoisotopic (exact) mass is 406 g/mol. The topological polar surface area (TPSA) is 116 Å². The van der Waals surface area contributed by atoms with Crippen LogP contribution in [0.15, 0.2) is 48.5 Å². The van der Waals surface area contributed by atoms with Gasteiger partial charge in [0.25, 0.3) is 5.91 Å². The number of amides is 2. The first-order chi connectivity index (χ1) is 14.6. The van der Waals surface area contributed by atoms with Crippen molar-refractivity contribution in [2.45, 2.75) is 25.3 Å². The van der Waals surface area contributed by atoms with Crippen molar-refractivity contribution >= 4 is 11.8 Å². The van der Waals surface area contributed by atoms with Gasteiger partial charge in [0.05, 0.1) is 12.8 Å². The number of rotatable bonds is 5. The van der Waals surface area contributed by atoms with Crippen molar-refractivity contribution in [1.29, 1.82) is 0 Å². The number of hydrogen-bond donors (Lipinski definition) is 1. The Balaban J connectivity index is 1.76. The maximum Gasteiger partial charge on any atom is 0.275 e. The molecule has 30 heavy (non-hydrogen) atoms. The highest BCUT2D eigenvalue weighted by Gasteiger charge is 2.33. The van der Waals surface area contributed by atoms with Gasteiger partial charge in [0.1, 0.15) is 6.04 Å². The summed E-state index contributed by atoms with van der Waals surface area (Å²) in [5.74, 6) is 0.00238. The van der Waals surface area contributed by atoms with Crippen molar-refractivity contribution in [3.63, 3.8) is 0 Å². The lowest BCUT2D eigenvalue weighted by molar-refractivity contribution is -0.123. The van der Waals surface area contributed by atoms with Gasteiger partial charge in [-0.1, -0.05) is 30.3 Å². The first kappa shape index (κ1) is 19.6. The molecule has 0 aliphatic carbocycles. The summed E-state index contributed by atoms with van der Waals surface area (Å²) < 4.78 is 6.64. The van der Waals surface area contributed by atoms with Crippen LogP contribution in [0.3, 0.4) is 0 Å². The third kappa shape index (κ3) is 3.73. The number of carbonyl (C=O) groups is 2. The van der Waals surface area contributed by atoms with E-state index in [0.717, 1.165) is 18.4 Å². The highest BCUT2D eigenvalue weighted by Crippen LogP contribution is 2.26. The SMILES string of the molecule is COc1ccc(-n2nc(C(=O)N3CCCCC3C(N)=O)cc2-c2ccccc2)nn1. The van der Waals surface area contributed by atoms with Crippen LogP contribution in [0.2, 0.25) is 0 Å². The van der Waals surface area contributed by atoms with Gasteiger partial charge in [-0.2, -0.15) is 5.10 Å². The fraction of sp³-hybridized carbons (Fsp3) is 0.286. The Morgan fingerprint density at radius 1 is 1.10 bits per heavy atom. The molecular weight excluding hydrogens is 384 g/mol. The Hall–Kier alpha value is -3.75. The molecule has 1 aromatic carbocycles. The van der Waals surface area contributed by atoms with Gasteiger partial charge >= 0.3 is 0 Å². The predicted octanol–water partition coefficient (Wildman–Crippen LogP) is 1.82. The highest BCUT2D eigenvalue weighted by atomic mass is 16.5. The maximum absolute atomic E-state index is 13.2. The number of carbonyl (C=O) groups excluding carboxylic acids is 2. The molecule has 0 spiro atoms. The first-order valence-corrected chi connectivity index (χ1v) is 9.72. The van der Waals surface area contributed by atoms with E-state index in [4.69, 9.17) is 10.5 Å². The Morgan fingerprint density at radius 3 is 2.57 bits per heavy atom. The van der Waals surface area contributed by atoms with Crippen LogP contribution in [0.1, 0.15) is 29.8 Å². The summed E-state index contributed by atoms with van der Waals surface area (Å²) in [4.78, 5) is 26.6. The Labute approximate surface area is 173 Å². The average molecular weight is 406 g/mol.